The molecule has 0 saturated carbocycles. The van der Waals surface area contributed by atoms with E-state index in [2.05, 4.69) is 15.9 Å². The van der Waals surface area contributed by atoms with E-state index in [0.29, 0.717) is 31.5 Å². The van der Waals surface area contributed by atoms with Crippen molar-refractivity contribution in [2.24, 2.45) is 5.92 Å². The van der Waals surface area contributed by atoms with Crippen LogP contribution in [-0.2, 0) is 0 Å². The van der Waals surface area contributed by atoms with Gasteiger partial charge < -0.3 is 9.64 Å². The van der Waals surface area contributed by atoms with Gasteiger partial charge >= 0.3 is 6.03 Å². The minimum absolute atomic E-state index is 0.0346. The number of carbonyl (C=O) groups is 2. The number of hydrogen-bond acceptors (Lipinski definition) is 3. The number of benzene rings is 2. The number of nitrogens with zero attached hydrogens (tertiary/aromatic N) is 2. The Morgan fingerprint density at radius 2 is 1.63 bits per heavy atom. The maximum Gasteiger partial charge on any atom is 0.324 e. The first-order chi connectivity index (χ1) is 13.0. The van der Waals surface area contributed by atoms with Crippen molar-refractivity contribution in [2.75, 3.05) is 32.1 Å². The fourth-order valence-corrected chi connectivity index (χ4v) is 3.58. The largest absolute Gasteiger partial charge is 0.497 e. The van der Waals surface area contributed by atoms with E-state index >= 15 is 0 Å². The van der Waals surface area contributed by atoms with Crippen LogP contribution in [-0.4, -0.2) is 44.0 Å². The predicted molar refractivity (Wildman–Crippen MR) is 110 cm³/mol. The number of hydrogen-bond donors (Lipinski definition) is 0. The number of urea groups is 1. The van der Waals surface area contributed by atoms with E-state index in [1.165, 1.54) is 0 Å². The average Bonchev–Trinajstić information content (AvgIpc) is 2.73. The van der Waals surface area contributed by atoms with E-state index in [1.807, 2.05) is 29.2 Å². The van der Waals surface area contributed by atoms with Gasteiger partial charge in [-0.2, -0.15) is 0 Å². The molecule has 1 fully saturated rings. The smallest absolute Gasteiger partial charge is 0.324 e. The molecule has 1 heterocycles. The summed E-state index contributed by atoms with van der Waals surface area (Å²) in [5.74, 6) is 0.842. The molecule has 142 valence electrons. The van der Waals surface area contributed by atoms with Crippen LogP contribution >= 0.6 is 15.9 Å². The topological polar surface area (TPSA) is 49.9 Å². The normalized spacial score (nSPS) is 14.7. The molecule has 0 aliphatic carbocycles. The molecule has 3 rings (SSSR count). The van der Waals surface area contributed by atoms with Gasteiger partial charge in [-0.25, -0.2) is 4.79 Å². The lowest BCUT2D eigenvalue weighted by Gasteiger charge is -2.34. The number of anilines is 1. The van der Waals surface area contributed by atoms with Crippen LogP contribution in [0, 0.1) is 5.92 Å². The number of carbonyl (C=O) groups excluding carboxylic acids is 2. The van der Waals surface area contributed by atoms with Crippen molar-refractivity contribution in [1.82, 2.24) is 4.90 Å². The zero-order valence-electron chi connectivity index (χ0n) is 15.5. The zero-order valence-corrected chi connectivity index (χ0v) is 17.1. The molecule has 0 bridgehead atoms. The molecule has 2 aromatic carbocycles. The number of likely N-dealkylation sites (tertiary alicyclic amines) is 1. The molecule has 0 atom stereocenters. The number of piperidine rings is 1. The lowest BCUT2D eigenvalue weighted by molar-refractivity contribution is 0.0857. The van der Waals surface area contributed by atoms with E-state index in [1.54, 1.807) is 43.3 Å². The number of halogens is 1. The van der Waals surface area contributed by atoms with E-state index < -0.39 is 0 Å². The first-order valence-corrected chi connectivity index (χ1v) is 9.75. The van der Waals surface area contributed by atoms with E-state index in [9.17, 15) is 9.59 Å². The second-order valence-corrected chi connectivity index (χ2v) is 7.59. The van der Waals surface area contributed by atoms with Crippen molar-refractivity contribution in [1.29, 1.82) is 0 Å². The number of rotatable bonds is 4. The van der Waals surface area contributed by atoms with Crippen LogP contribution in [0.25, 0.3) is 0 Å². The van der Waals surface area contributed by atoms with Crippen molar-refractivity contribution >= 4 is 33.4 Å². The Bertz CT molecular complexity index is 797. The Kier molecular flexibility index (Phi) is 6.16. The second kappa shape index (κ2) is 8.57. The van der Waals surface area contributed by atoms with Crippen molar-refractivity contribution in [2.45, 2.75) is 12.8 Å². The van der Waals surface area contributed by atoms with Gasteiger partial charge in [0.2, 0.25) is 0 Å². The number of ketones is 1. The maximum absolute atomic E-state index is 12.7. The first-order valence-electron chi connectivity index (χ1n) is 8.96. The molecular formula is C21H23BrN2O3. The van der Waals surface area contributed by atoms with E-state index in [4.69, 9.17) is 4.74 Å². The van der Waals surface area contributed by atoms with Crippen LogP contribution in [0.2, 0.25) is 0 Å². The third-order valence-electron chi connectivity index (χ3n) is 5.01. The molecule has 1 saturated heterocycles. The first kappa shape index (κ1) is 19.4. The van der Waals surface area contributed by atoms with Crippen molar-refractivity contribution < 1.29 is 14.3 Å². The summed E-state index contributed by atoms with van der Waals surface area (Å²) in [6, 6.07) is 14.8. The fraction of sp³-hybridized carbons (Fsp3) is 0.333. The van der Waals surface area contributed by atoms with Crippen LogP contribution in [0.5, 0.6) is 5.75 Å². The Labute approximate surface area is 168 Å². The van der Waals surface area contributed by atoms with E-state index in [-0.39, 0.29) is 17.7 Å². The minimum atomic E-state index is -0.0413. The molecule has 1 aliphatic rings. The van der Waals surface area contributed by atoms with Crippen LogP contribution in [0.3, 0.4) is 0 Å². The highest BCUT2D eigenvalue weighted by Gasteiger charge is 2.29. The molecule has 27 heavy (non-hydrogen) atoms. The third kappa shape index (κ3) is 4.50. The quantitative estimate of drug-likeness (QED) is 0.665. The molecule has 5 nitrogen and oxygen atoms in total. The van der Waals surface area contributed by atoms with Gasteiger partial charge in [-0.1, -0.05) is 15.9 Å². The summed E-state index contributed by atoms with van der Waals surface area (Å²) in [5.41, 5.74) is 1.55. The fourth-order valence-electron chi connectivity index (χ4n) is 3.31. The molecule has 1 aliphatic heterocycles. The highest BCUT2D eigenvalue weighted by Crippen LogP contribution is 2.25. The van der Waals surface area contributed by atoms with Gasteiger partial charge in [-0.3, -0.25) is 9.69 Å². The Morgan fingerprint density at radius 1 is 1.04 bits per heavy atom. The summed E-state index contributed by atoms with van der Waals surface area (Å²) >= 11 is 3.40. The highest BCUT2D eigenvalue weighted by atomic mass is 79.9. The summed E-state index contributed by atoms with van der Waals surface area (Å²) in [4.78, 5) is 28.9. The molecule has 0 spiro atoms. The highest BCUT2D eigenvalue weighted by molar-refractivity contribution is 9.10. The van der Waals surface area contributed by atoms with Gasteiger partial charge in [-0.05, 0) is 61.4 Å². The van der Waals surface area contributed by atoms with Gasteiger partial charge in [0.05, 0.1) is 7.11 Å². The van der Waals surface area contributed by atoms with E-state index in [0.717, 1.165) is 15.9 Å². The SMILES string of the molecule is COc1ccc(C(=O)C2CCN(C(=O)N(C)c3ccc(Br)cc3)CC2)cc1. The Morgan fingerprint density at radius 3 is 2.19 bits per heavy atom. The summed E-state index contributed by atoms with van der Waals surface area (Å²) in [6.45, 7) is 1.18. The second-order valence-electron chi connectivity index (χ2n) is 6.67. The molecule has 0 aromatic heterocycles. The van der Waals surface area contributed by atoms with Gasteiger partial charge in [0.15, 0.2) is 5.78 Å². The molecule has 0 N–H and O–H groups in total. The predicted octanol–water partition coefficient (Wildman–Crippen LogP) is 4.61. The summed E-state index contributed by atoms with van der Waals surface area (Å²) < 4.78 is 6.11. The maximum atomic E-state index is 12.7. The summed E-state index contributed by atoms with van der Waals surface area (Å²) in [7, 11) is 3.38. The van der Waals surface area contributed by atoms with Crippen molar-refractivity contribution in [3.8, 4) is 5.75 Å². The van der Waals surface area contributed by atoms with Crippen molar-refractivity contribution in [3.05, 3.63) is 58.6 Å². The van der Waals surface area contributed by atoms with Gasteiger partial charge in [0.1, 0.15) is 5.75 Å². The summed E-state index contributed by atoms with van der Waals surface area (Å²) in [6.07, 6.45) is 1.37. The molecule has 0 unspecified atom stereocenters. The van der Waals surface area contributed by atoms with Gasteiger partial charge in [-0.15, -0.1) is 0 Å². The van der Waals surface area contributed by atoms with Crippen LogP contribution in [0.4, 0.5) is 10.5 Å². The monoisotopic (exact) mass is 430 g/mol. The Hall–Kier alpha value is -2.34. The molecule has 6 heteroatoms. The molecule has 2 aromatic rings. The van der Waals surface area contributed by atoms with Crippen LogP contribution in [0.1, 0.15) is 23.2 Å². The lowest BCUT2D eigenvalue weighted by atomic mass is 9.89. The van der Waals surface area contributed by atoms with Gasteiger partial charge in [0, 0.05) is 41.8 Å². The summed E-state index contributed by atoms with van der Waals surface area (Å²) in [5, 5.41) is 0. The van der Waals surface area contributed by atoms with Crippen LogP contribution in [0.15, 0.2) is 53.0 Å². The number of ether oxygens (including phenoxy) is 1. The van der Waals surface area contributed by atoms with Crippen LogP contribution < -0.4 is 9.64 Å². The molecule has 0 radical (unpaired) electrons. The average molecular weight is 431 g/mol. The number of amides is 2. The zero-order chi connectivity index (χ0) is 19.4. The number of Topliss-reactive ketones (excluding diaryl/α,β-unsaturated/α-hetero) is 1. The van der Waals surface area contributed by atoms with Crippen molar-refractivity contribution in [3.63, 3.8) is 0 Å². The molecular weight excluding hydrogens is 408 g/mol. The standard InChI is InChI=1S/C21H23BrN2O3/c1-23(18-7-5-17(22)6-8-18)21(26)24-13-11-16(12-14-24)20(25)15-3-9-19(27-2)10-4-15/h3-10,16H,11-14H2,1-2H3. The third-order valence-corrected chi connectivity index (χ3v) is 5.54. The minimum Gasteiger partial charge on any atom is -0.497 e. The number of methoxy groups -OCH3 is 1. The molecule has 2 amide bonds. The lowest BCUT2D eigenvalue weighted by Crippen LogP contribution is -2.46. The van der Waals surface area contributed by atoms with Gasteiger partial charge in [0.25, 0.3) is 0 Å². The Balaban J connectivity index is 1.58.